The maximum Gasteiger partial charge on any atom is 0.255 e. The van der Waals surface area contributed by atoms with Crippen molar-refractivity contribution in [1.82, 2.24) is 30.3 Å². The molecule has 0 radical (unpaired) electrons. The van der Waals surface area contributed by atoms with Crippen molar-refractivity contribution in [3.8, 4) is 5.75 Å². The number of nitrogens with zero attached hydrogens (tertiary/aromatic N) is 6. The summed E-state index contributed by atoms with van der Waals surface area (Å²) >= 11 is 0. The summed E-state index contributed by atoms with van der Waals surface area (Å²) in [5.74, 6) is 5.40. The van der Waals surface area contributed by atoms with Crippen molar-refractivity contribution in [1.29, 1.82) is 0 Å². The summed E-state index contributed by atoms with van der Waals surface area (Å²) in [6.45, 7) is 5.25. The lowest BCUT2D eigenvalue weighted by atomic mass is 10.0. The monoisotopic (exact) mass is 786 g/mol. The van der Waals surface area contributed by atoms with E-state index in [0.29, 0.717) is 74.8 Å². The van der Waals surface area contributed by atoms with E-state index in [4.69, 9.17) is 28.0 Å². The molecule has 3 unspecified atom stereocenters. The molecule has 0 aliphatic carbocycles. The van der Waals surface area contributed by atoms with Crippen LogP contribution in [0.2, 0.25) is 0 Å². The van der Waals surface area contributed by atoms with Crippen molar-refractivity contribution in [3.63, 3.8) is 0 Å². The number of phenolic OH excluding ortho intramolecular Hbond substituents is 1. The number of carbonyl (C=O) groups excluding carboxylic acids is 3. The molecular weight excluding hydrogens is 739 g/mol. The fourth-order valence-electron chi connectivity index (χ4n) is 8.35. The number of hydrogen-bond donors (Lipinski definition) is 7. The number of nitrogens with two attached hydrogens (primary N) is 4. The molecule has 302 valence electrons. The summed E-state index contributed by atoms with van der Waals surface area (Å²) in [5.41, 5.74) is 24.1. The van der Waals surface area contributed by atoms with E-state index in [1.165, 1.54) is 6.07 Å². The molecule has 6 heterocycles. The van der Waals surface area contributed by atoms with Crippen LogP contribution < -0.4 is 43.6 Å². The van der Waals surface area contributed by atoms with Crippen LogP contribution in [0.15, 0.2) is 66.3 Å². The number of pyridine rings is 1. The lowest BCUT2D eigenvalue weighted by Crippen LogP contribution is -2.52. The Labute approximate surface area is 328 Å². The molecule has 18 heteroatoms. The molecule has 3 atom stereocenters. The maximum atomic E-state index is 14.0. The molecule has 5 aliphatic heterocycles. The Morgan fingerprint density at radius 2 is 1.84 bits per heavy atom. The Hall–Kier alpha value is -6.14. The second kappa shape index (κ2) is 16.1. The number of rotatable bonds is 8. The second-order valence-corrected chi connectivity index (χ2v) is 14.8. The number of halogens is 2. The topological polar surface area (TPSA) is 229 Å². The largest absolute Gasteiger partial charge is 0.504 e. The number of amides is 3. The highest BCUT2D eigenvalue weighted by atomic mass is 19.1. The molecule has 5 aliphatic rings. The molecule has 8 rings (SSSR count). The number of alkyl halides is 1. The van der Waals surface area contributed by atoms with E-state index in [1.807, 2.05) is 24.3 Å². The summed E-state index contributed by atoms with van der Waals surface area (Å²) in [4.78, 5) is 50.4. The number of carbonyl (C=O) groups is 3. The first-order valence-electron chi connectivity index (χ1n) is 18.8. The fourth-order valence-corrected chi connectivity index (χ4v) is 8.35. The van der Waals surface area contributed by atoms with Crippen molar-refractivity contribution < 1.29 is 28.3 Å². The number of piperidine rings is 1. The third-order valence-corrected chi connectivity index (χ3v) is 11.3. The highest BCUT2D eigenvalue weighted by Crippen LogP contribution is 2.35. The van der Waals surface area contributed by atoms with Crippen molar-refractivity contribution in [3.05, 3.63) is 94.3 Å². The molecule has 3 saturated heterocycles. The first-order valence-corrected chi connectivity index (χ1v) is 18.8. The quantitative estimate of drug-likeness (QED) is 0.0962. The molecule has 16 nitrogen and oxygen atoms in total. The number of hydrazine groups is 1. The minimum Gasteiger partial charge on any atom is -0.504 e. The SMILES string of the molecule is CF.NC1=C(/C=C(\N)c2cccc(F)c2O)N2CC(N(N)c3ncc(CN4CCN(c5ccc6c(c5)C(=O)N(C5CCC(=O)NC5=O)C6)CC4)cc3N)CC2CN1. The highest BCUT2D eigenvalue weighted by Gasteiger charge is 2.41. The van der Waals surface area contributed by atoms with Crippen molar-refractivity contribution in [2.75, 3.05) is 62.1 Å². The predicted octanol–water partition coefficient (Wildman–Crippen LogP) is 1.03. The van der Waals surface area contributed by atoms with Gasteiger partial charge in [0.2, 0.25) is 11.8 Å². The van der Waals surface area contributed by atoms with Gasteiger partial charge in [-0.2, -0.15) is 0 Å². The van der Waals surface area contributed by atoms with Crippen LogP contribution in [-0.2, 0) is 22.7 Å². The van der Waals surface area contributed by atoms with Crippen molar-refractivity contribution >= 4 is 40.6 Å². The molecule has 0 saturated carbocycles. The Bertz CT molecular complexity index is 2120. The van der Waals surface area contributed by atoms with Crippen LogP contribution in [0, 0.1) is 5.82 Å². The number of nitrogens with one attached hydrogen (secondary N) is 2. The summed E-state index contributed by atoms with van der Waals surface area (Å²) in [7, 11) is 0.500. The van der Waals surface area contributed by atoms with Gasteiger partial charge in [0.05, 0.1) is 24.6 Å². The number of hydrogen-bond acceptors (Lipinski definition) is 14. The first kappa shape index (κ1) is 39.1. The number of aromatic nitrogens is 1. The lowest BCUT2D eigenvalue weighted by molar-refractivity contribution is -0.136. The van der Waals surface area contributed by atoms with Crippen molar-refractivity contribution in [2.45, 2.75) is 50.5 Å². The summed E-state index contributed by atoms with van der Waals surface area (Å²) < 4.78 is 23.5. The van der Waals surface area contributed by atoms with Gasteiger partial charge in [-0.3, -0.25) is 34.0 Å². The number of piperazine rings is 1. The number of nitrogen functional groups attached to an aromatic ring is 1. The molecule has 0 bridgehead atoms. The van der Waals surface area contributed by atoms with Gasteiger partial charge in [0.15, 0.2) is 17.4 Å². The van der Waals surface area contributed by atoms with Crippen LogP contribution in [0.5, 0.6) is 5.75 Å². The number of allylic oxidation sites excluding steroid dienone is 1. The van der Waals surface area contributed by atoms with Gasteiger partial charge in [-0.05, 0) is 60.4 Å². The van der Waals surface area contributed by atoms with Crippen molar-refractivity contribution in [2.24, 2.45) is 17.3 Å². The Morgan fingerprint density at radius 3 is 2.58 bits per heavy atom. The standard InChI is InChI=1S/C38H45FN12O4.CH3F/c39-28-3-1-2-26(34(28)53)29(40)15-32-35(42)44-17-24-13-25(20-49(24)32)51(43)36-30(41)12-21(16-45-36)18-47-8-10-48(11-9-47)23-5-4-22-19-50(38(55)27(22)14-23)31-6-7-33(52)46-37(31)54;1-2/h1-5,12,14-16,24-25,31,44,53H,6-11,13,17-20,40-43H2,(H,46,52,54);1H3/b29-15-;. The fraction of sp³-hybridized carbons (Fsp3) is 0.385. The van der Waals surface area contributed by atoms with Gasteiger partial charge in [0.25, 0.3) is 5.91 Å². The predicted molar refractivity (Wildman–Crippen MR) is 211 cm³/mol. The second-order valence-electron chi connectivity index (χ2n) is 14.8. The van der Waals surface area contributed by atoms with E-state index in [-0.39, 0.29) is 41.6 Å². The molecule has 2 aromatic carbocycles. The van der Waals surface area contributed by atoms with Crippen LogP contribution in [0.25, 0.3) is 5.70 Å². The van der Waals surface area contributed by atoms with Gasteiger partial charge in [-0.1, -0.05) is 12.1 Å². The van der Waals surface area contributed by atoms with E-state index in [0.717, 1.165) is 49.1 Å². The van der Waals surface area contributed by atoms with Gasteiger partial charge in [0.1, 0.15) is 11.9 Å². The minimum atomic E-state index is -0.761. The molecular formula is C39H48F2N12O4. The van der Waals surface area contributed by atoms with E-state index in [9.17, 15) is 28.3 Å². The molecule has 3 amide bonds. The first-order chi connectivity index (χ1) is 27.4. The maximum absolute atomic E-state index is 14.0. The number of aromatic hydroxyl groups is 1. The smallest absolute Gasteiger partial charge is 0.255 e. The Morgan fingerprint density at radius 1 is 1.07 bits per heavy atom. The highest BCUT2D eigenvalue weighted by molar-refractivity contribution is 6.05. The van der Waals surface area contributed by atoms with E-state index >= 15 is 0 Å². The Kier molecular flexibility index (Phi) is 11.1. The third kappa shape index (κ3) is 7.69. The summed E-state index contributed by atoms with van der Waals surface area (Å²) in [6, 6.07) is 11.3. The number of anilines is 3. The van der Waals surface area contributed by atoms with E-state index < -0.39 is 23.5 Å². The van der Waals surface area contributed by atoms with Gasteiger partial charge in [0, 0.05) is 93.5 Å². The average molecular weight is 787 g/mol. The zero-order chi connectivity index (χ0) is 40.5. The normalized spacial score (nSPS) is 22.5. The van der Waals surface area contributed by atoms with E-state index in [1.54, 1.807) is 28.2 Å². The zero-order valence-electron chi connectivity index (χ0n) is 31.6. The van der Waals surface area contributed by atoms with Crippen LogP contribution in [-0.4, -0.2) is 107 Å². The summed E-state index contributed by atoms with van der Waals surface area (Å²) in [6.07, 6.45) is 4.70. The molecule has 3 aromatic rings. The molecule has 11 N–H and O–H groups in total. The van der Waals surface area contributed by atoms with Crippen LogP contribution >= 0.6 is 0 Å². The molecule has 3 fully saturated rings. The van der Waals surface area contributed by atoms with Crippen LogP contribution in [0.1, 0.15) is 46.3 Å². The average Bonchev–Trinajstić information content (AvgIpc) is 3.79. The van der Waals surface area contributed by atoms with Gasteiger partial charge < -0.3 is 42.3 Å². The zero-order valence-corrected chi connectivity index (χ0v) is 31.6. The molecule has 1 aromatic heterocycles. The van der Waals surface area contributed by atoms with Gasteiger partial charge in [-0.25, -0.2) is 15.2 Å². The Balaban J connectivity index is 0.00000244. The van der Waals surface area contributed by atoms with Gasteiger partial charge >= 0.3 is 0 Å². The number of phenols is 1. The molecule has 0 spiro atoms. The number of fused-ring (bicyclic) bond motifs is 2. The lowest BCUT2D eigenvalue weighted by Gasteiger charge is -2.36. The van der Waals surface area contributed by atoms with Crippen LogP contribution in [0.4, 0.5) is 26.0 Å². The minimum absolute atomic E-state index is 0.0486. The number of para-hydroxylation sites is 1. The third-order valence-electron chi connectivity index (χ3n) is 11.3. The number of imide groups is 1. The molecule has 57 heavy (non-hydrogen) atoms. The van der Waals surface area contributed by atoms with E-state index in [2.05, 4.69) is 25.3 Å². The number of benzene rings is 2. The summed E-state index contributed by atoms with van der Waals surface area (Å²) in [5, 5.41) is 17.4. The van der Waals surface area contributed by atoms with Gasteiger partial charge in [-0.15, -0.1) is 0 Å². The van der Waals surface area contributed by atoms with Crippen LogP contribution in [0.3, 0.4) is 0 Å².